The van der Waals surface area contributed by atoms with Crippen LogP contribution in [-0.2, 0) is 11.2 Å². The van der Waals surface area contributed by atoms with Gasteiger partial charge in [0.05, 0.1) is 23.8 Å². The number of rotatable bonds is 20. The van der Waals surface area contributed by atoms with E-state index in [1.54, 1.807) is 0 Å². The fraction of sp³-hybridized carbons (Fsp3) is 0.459. The molecule has 0 aromatic heterocycles. The summed E-state index contributed by atoms with van der Waals surface area (Å²) in [7, 11) is 0. The zero-order chi connectivity index (χ0) is 30.1. The molecule has 1 rings (SSSR count). The third-order valence-corrected chi connectivity index (χ3v) is 7.13. The Morgan fingerprint density at radius 1 is 0.634 bits per heavy atom. The van der Waals surface area contributed by atoms with Gasteiger partial charge in [-0.25, -0.2) is 0 Å². The van der Waals surface area contributed by atoms with Crippen LogP contribution in [0.3, 0.4) is 0 Å². The number of aryl methyl sites for hydroxylation is 1. The van der Waals surface area contributed by atoms with Gasteiger partial charge >= 0.3 is 0 Å². The molecular formula is C37H47N3O. The maximum atomic E-state index is 10.4. The molecule has 0 fully saturated rings. The highest BCUT2D eigenvalue weighted by Crippen LogP contribution is 2.17. The Bertz CT molecular complexity index is 1200. The van der Waals surface area contributed by atoms with Crippen molar-refractivity contribution >= 4 is 6.29 Å². The van der Waals surface area contributed by atoms with Gasteiger partial charge in [-0.15, -0.1) is 0 Å². The normalized spacial score (nSPS) is 12.9. The van der Waals surface area contributed by atoms with Crippen molar-refractivity contribution in [3.63, 3.8) is 0 Å². The number of carbonyl (C=O) groups excluding carboxylic acids is 1. The number of benzene rings is 1. The van der Waals surface area contributed by atoms with Crippen molar-refractivity contribution in [1.29, 1.82) is 15.8 Å². The minimum atomic E-state index is 0.636. The molecule has 0 saturated heterocycles. The third-order valence-electron chi connectivity index (χ3n) is 7.13. The second-order valence-corrected chi connectivity index (χ2v) is 10.8. The summed E-state index contributed by atoms with van der Waals surface area (Å²) in [6.07, 6.45) is 24.3. The molecule has 1 aromatic rings. The smallest absolute Gasteiger partial charge is 0.119 e. The topological polar surface area (TPSA) is 88.4 Å². The fourth-order valence-electron chi connectivity index (χ4n) is 4.50. The first-order chi connectivity index (χ1) is 19.9. The average molecular weight is 550 g/mol. The molecule has 0 atom stereocenters. The van der Waals surface area contributed by atoms with Gasteiger partial charge in [-0.3, -0.25) is 0 Å². The van der Waals surface area contributed by atoms with E-state index in [2.05, 4.69) is 57.2 Å². The van der Waals surface area contributed by atoms with E-state index in [-0.39, 0.29) is 0 Å². The Kier molecular flexibility index (Phi) is 19.5. The van der Waals surface area contributed by atoms with Crippen LogP contribution in [0, 0.1) is 34.0 Å². The molecule has 4 nitrogen and oxygen atoms in total. The van der Waals surface area contributed by atoms with E-state index in [0.29, 0.717) is 12.0 Å². The van der Waals surface area contributed by atoms with Crippen LogP contribution in [0.15, 0.2) is 82.5 Å². The number of nitrogens with zero attached hydrogens (tertiary/aromatic N) is 3. The van der Waals surface area contributed by atoms with Crippen molar-refractivity contribution in [1.82, 2.24) is 0 Å². The zero-order valence-electron chi connectivity index (χ0n) is 25.4. The SMILES string of the molecule is C/C(=C\C/C=C(/C#N)CCC/C(C)=C/C/C=C(/C#N)CCC/C(C)=C/CCc1ccc(C#N)cc1)CCCCC=O. The number of allylic oxidation sites excluding steroid dienone is 10. The van der Waals surface area contributed by atoms with Crippen molar-refractivity contribution < 1.29 is 4.79 Å². The van der Waals surface area contributed by atoms with E-state index in [0.717, 1.165) is 101 Å². The molecular weight excluding hydrogens is 502 g/mol. The summed E-state index contributed by atoms with van der Waals surface area (Å²) in [5, 5.41) is 27.9. The Labute approximate surface area is 249 Å². The number of carbonyl (C=O) groups is 1. The summed E-state index contributed by atoms with van der Waals surface area (Å²) in [6, 6.07) is 14.6. The quantitative estimate of drug-likeness (QED) is 0.0700. The number of unbranched alkanes of at least 4 members (excludes halogenated alkanes) is 2. The highest BCUT2D eigenvalue weighted by Gasteiger charge is 2.00. The first-order valence-electron chi connectivity index (χ1n) is 15.0. The van der Waals surface area contributed by atoms with Gasteiger partial charge < -0.3 is 4.79 Å². The molecule has 0 unspecified atom stereocenters. The van der Waals surface area contributed by atoms with E-state index in [1.165, 1.54) is 22.3 Å². The maximum Gasteiger partial charge on any atom is 0.119 e. The molecule has 0 aliphatic heterocycles. The van der Waals surface area contributed by atoms with Crippen LogP contribution in [0.1, 0.15) is 115 Å². The van der Waals surface area contributed by atoms with Crippen molar-refractivity contribution in [3.8, 4) is 18.2 Å². The lowest BCUT2D eigenvalue weighted by molar-refractivity contribution is -0.107. The van der Waals surface area contributed by atoms with E-state index in [9.17, 15) is 15.3 Å². The van der Waals surface area contributed by atoms with Gasteiger partial charge in [-0.1, -0.05) is 59.2 Å². The predicted octanol–water partition coefficient (Wildman–Crippen LogP) is 10.1. The van der Waals surface area contributed by atoms with Gasteiger partial charge in [-0.05, 0) is 122 Å². The molecule has 216 valence electrons. The largest absolute Gasteiger partial charge is 0.303 e. The molecule has 0 saturated carbocycles. The summed E-state index contributed by atoms with van der Waals surface area (Å²) in [4.78, 5) is 10.4. The lowest BCUT2D eigenvalue weighted by Crippen LogP contribution is -1.87. The number of nitriles is 3. The second kappa shape index (κ2) is 22.8. The van der Waals surface area contributed by atoms with Crippen LogP contribution in [0.4, 0.5) is 0 Å². The number of hydrogen-bond acceptors (Lipinski definition) is 4. The predicted molar refractivity (Wildman–Crippen MR) is 170 cm³/mol. The molecule has 1 aromatic carbocycles. The molecule has 0 amide bonds. The first kappa shape index (κ1) is 35.1. The van der Waals surface area contributed by atoms with Gasteiger partial charge in [0.1, 0.15) is 6.29 Å². The number of hydrogen-bond donors (Lipinski definition) is 0. The van der Waals surface area contributed by atoms with Gasteiger partial charge in [0, 0.05) is 17.6 Å². The highest BCUT2D eigenvalue weighted by molar-refractivity contribution is 5.48. The second-order valence-electron chi connectivity index (χ2n) is 10.8. The zero-order valence-corrected chi connectivity index (χ0v) is 25.4. The molecule has 0 N–H and O–H groups in total. The lowest BCUT2D eigenvalue weighted by Gasteiger charge is -2.03. The molecule has 0 radical (unpaired) electrons. The van der Waals surface area contributed by atoms with Gasteiger partial charge in [0.2, 0.25) is 0 Å². The van der Waals surface area contributed by atoms with Crippen LogP contribution in [-0.4, -0.2) is 6.29 Å². The maximum absolute atomic E-state index is 10.4. The van der Waals surface area contributed by atoms with Gasteiger partial charge in [0.25, 0.3) is 0 Å². The Balaban J connectivity index is 2.34. The van der Waals surface area contributed by atoms with Crippen LogP contribution < -0.4 is 0 Å². The summed E-state index contributed by atoms with van der Waals surface area (Å²) in [5.41, 5.74) is 7.59. The first-order valence-corrected chi connectivity index (χ1v) is 15.0. The third kappa shape index (κ3) is 18.1. The molecule has 41 heavy (non-hydrogen) atoms. The molecule has 0 spiro atoms. The van der Waals surface area contributed by atoms with Crippen molar-refractivity contribution in [2.24, 2.45) is 0 Å². The highest BCUT2D eigenvalue weighted by atomic mass is 16.1. The molecule has 4 heteroatoms. The molecule has 0 bridgehead atoms. The molecule has 0 aliphatic rings. The van der Waals surface area contributed by atoms with Gasteiger partial charge in [0.15, 0.2) is 0 Å². The van der Waals surface area contributed by atoms with E-state index < -0.39 is 0 Å². The van der Waals surface area contributed by atoms with Crippen LogP contribution in [0.25, 0.3) is 0 Å². The average Bonchev–Trinajstić information content (AvgIpc) is 2.98. The standard InChI is InChI=1S/C37H47N3O/c1-31(12-5-4-6-27-41)14-8-19-35(28-38)21-10-16-33(3)17-11-22-36(29-39)20-9-15-32(2)13-7-18-34-23-25-37(30-40)26-24-34/h13-14,17,19,22-27H,4-12,15-16,18,20-21H2,1-3H3/b31-14+,32-13+,33-17+,35-19+,36-22+. The number of aldehydes is 1. The monoisotopic (exact) mass is 549 g/mol. The van der Waals surface area contributed by atoms with Gasteiger partial charge in [-0.2, -0.15) is 15.8 Å². The molecule has 0 aliphatic carbocycles. The Morgan fingerprint density at radius 2 is 1.15 bits per heavy atom. The Morgan fingerprint density at radius 3 is 1.63 bits per heavy atom. The minimum absolute atomic E-state index is 0.636. The van der Waals surface area contributed by atoms with Crippen LogP contribution >= 0.6 is 0 Å². The van der Waals surface area contributed by atoms with E-state index in [1.807, 2.05) is 36.4 Å². The Hall–Kier alpha value is -3.94. The van der Waals surface area contributed by atoms with E-state index >= 15 is 0 Å². The van der Waals surface area contributed by atoms with Crippen LogP contribution in [0.2, 0.25) is 0 Å². The van der Waals surface area contributed by atoms with Crippen LogP contribution in [0.5, 0.6) is 0 Å². The fourth-order valence-corrected chi connectivity index (χ4v) is 4.50. The summed E-state index contributed by atoms with van der Waals surface area (Å²) in [6.45, 7) is 6.39. The summed E-state index contributed by atoms with van der Waals surface area (Å²) >= 11 is 0. The minimum Gasteiger partial charge on any atom is -0.303 e. The lowest BCUT2D eigenvalue weighted by atomic mass is 10.0. The van der Waals surface area contributed by atoms with Crippen molar-refractivity contribution in [2.45, 2.75) is 111 Å². The van der Waals surface area contributed by atoms with E-state index in [4.69, 9.17) is 5.26 Å². The van der Waals surface area contributed by atoms with Crippen molar-refractivity contribution in [2.75, 3.05) is 0 Å². The summed E-state index contributed by atoms with van der Waals surface area (Å²) < 4.78 is 0. The summed E-state index contributed by atoms with van der Waals surface area (Å²) in [5.74, 6) is 0. The van der Waals surface area contributed by atoms with Crippen molar-refractivity contribution in [3.05, 3.63) is 93.6 Å². The molecule has 0 heterocycles.